The van der Waals surface area contributed by atoms with Crippen molar-refractivity contribution in [3.8, 4) is 0 Å². The lowest BCUT2D eigenvalue weighted by molar-refractivity contribution is -0.192. The zero-order chi connectivity index (χ0) is 23.8. The van der Waals surface area contributed by atoms with E-state index in [4.69, 9.17) is 11.6 Å². The van der Waals surface area contributed by atoms with Crippen LogP contribution in [0.4, 0.5) is 23.2 Å². The molecule has 1 aliphatic rings. The smallest absolute Gasteiger partial charge is 0.391 e. The fourth-order valence-electron chi connectivity index (χ4n) is 3.86. The molecular formula is C22H21ClF4N2O3. The second kappa shape index (κ2) is 9.07. The highest BCUT2D eigenvalue weighted by Crippen LogP contribution is 2.40. The fraction of sp³-hybridized carbons (Fsp3) is 0.364. The molecule has 0 saturated heterocycles. The Bertz CT molecular complexity index is 1040. The molecular weight excluding hydrogens is 452 g/mol. The molecule has 0 saturated carbocycles. The number of aliphatic hydroxyl groups excluding tert-OH is 1. The molecule has 0 aliphatic carbocycles. The van der Waals surface area contributed by atoms with Crippen LogP contribution in [0, 0.1) is 17.7 Å². The molecule has 5 nitrogen and oxygen atoms in total. The molecule has 0 radical (unpaired) electrons. The molecule has 4 atom stereocenters. The summed E-state index contributed by atoms with van der Waals surface area (Å²) in [6.45, 7) is 2.11. The van der Waals surface area contributed by atoms with E-state index in [2.05, 4.69) is 10.6 Å². The van der Waals surface area contributed by atoms with Gasteiger partial charge in [-0.3, -0.25) is 9.59 Å². The molecule has 0 aromatic heterocycles. The molecule has 10 heteroatoms. The largest absolute Gasteiger partial charge is 0.393 e. The Balaban J connectivity index is 1.92. The van der Waals surface area contributed by atoms with E-state index in [1.165, 1.54) is 31.2 Å². The average Bonchev–Trinajstić information content (AvgIpc) is 3.04. The summed E-state index contributed by atoms with van der Waals surface area (Å²) in [7, 11) is 0. The number of amides is 2. The Morgan fingerprint density at radius 1 is 1.25 bits per heavy atom. The summed E-state index contributed by atoms with van der Waals surface area (Å²) in [6, 6.07) is 7.31. The van der Waals surface area contributed by atoms with Crippen molar-refractivity contribution < 1.29 is 32.3 Å². The maximum atomic E-state index is 13.8. The maximum absolute atomic E-state index is 13.8. The second-order valence-electron chi connectivity index (χ2n) is 7.83. The normalized spacial score (nSPS) is 18.5. The number of fused-ring (bicyclic) bond motifs is 1. The first-order chi connectivity index (χ1) is 14.9. The number of benzene rings is 2. The first kappa shape index (κ1) is 24.0. The average molecular weight is 473 g/mol. The molecule has 1 heterocycles. The lowest BCUT2D eigenvalue weighted by atomic mass is 9.86. The predicted molar refractivity (Wildman–Crippen MR) is 111 cm³/mol. The fourth-order valence-corrected chi connectivity index (χ4v) is 4.08. The molecule has 32 heavy (non-hydrogen) atoms. The van der Waals surface area contributed by atoms with Crippen LogP contribution in [0.5, 0.6) is 0 Å². The second-order valence-corrected chi connectivity index (χ2v) is 8.23. The summed E-state index contributed by atoms with van der Waals surface area (Å²) in [4.78, 5) is 25.1. The number of hydrogen-bond donors (Lipinski definition) is 3. The molecule has 3 N–H and O–H groups in total. The van der Waals surface area contributed by atoms with Crippen LogP contribution in [-0.4, -0.2) is 29.2 Å². The van der Waals surface area contributed by atoms with Crippen LogP contribution in [-0.2, 0) is 4.79 Å². The number of carbonyl (C=O) groups excluding carboxylic acids is 2. The van der Waals surface area contributed by atoms with Crippen LogP contribution in [0.15, 0.2) is 36.4 Å². The van der Waals surface area contributed by atoms with Crippen molar-refractivity contribution in [2.45, 2.75) is 38.6 Å². The standard InChI is InChI=1S/C22H21ClF4N2O3/c1-10(22(25,26)27)14(11(2)30)9-18(31)28-17-5-3-4-13-19(17)20(29-21(13)32)15-8-12(24)6-7-16(15)23/h3-8,10-11,14,20,30H,9H2,1-2H3,(H,28,31)(H,29,32). The minimum Gasteiger partial charge on any atom is -0.393 e. The Labute approximate surface area is 186 Å². The van der Waals surface area contributed by atoms with Gasteiger partial charge in [-0.15, -0.1) is 0 Å². The van der Waals surface area contributed by atoms with Crippen molar-refractivity contribution in [1.29, 1.82) is 0 Å². The first-order valence-electron chi connectivity index (χ1n) is 9.83. The molecule has 0 fully saturated rings. The van der Waals surface area contributed by atoms with E-state index in [0.29, 0.717) is 5.56 Å². The highest BCUT2D eigenvalue weighted by Gasteiger charge is 2.43. The van der Waals surface area contributed by atoms with Gasteiger partial charge in [0.1, 0.15) is 5.82 Å². The third-order valence-corrected chi connectivity index (χ3v) is 6.00. The van der Waals surface area contributed by atoms with Gasteiger partial charge in [-0.2, -0.15) is 13.2 Å². The quantitative estimate of drug-likeness (QED) is 0.527. The number of hydrogen-bond acceptors (Lipinski definition) is 3. The minimum atomic E-state index is -4.58. The van der Waals surface area contributed by atoms with Crippen molar-refractivity contribution in [1.82, 2.24) is 5.32 Å². The van der Waals surface area contributed by atoms with Gasteiger partial charge in [-0.1, -0.05) is 24.6 Å². The van der Waals surface area contributed by atoms with E-state index in [0.717, 1.165) is 19.1 Å². The van der Waals surface area contributed by atoms with Crippen molar-refractivity contribution in [2.75, 3.05) is 5.32 Å². The monoisotopic (exact) mass is 472 g/mol. The summed E-state index contributed by atoms with van der Waals surface area (Å²) >= 11 is 6.19. The lowest BCUT2D eigenvalue weighted by Crippen LogP contribution is -2.36. The highest BCUT2D eigenvalue weighted by atomic mass is 35.5. The van der Waals surface area contributed by atoms with Crippen molar-refractivity contribution in [2.24, 2.45) is 11.8 Å². The maximum Gasteiger partial charge on any atom is 0.391 e. The van der Waals surface area contributed by atoms with Gasteiger partial charge in [-0.25, -0.2) is 4.39 Å². The number of nitrogens with one attached hydrogen (secondary N) is 2. The van der Waals surface area contributed by atoms with E-state index in [-0.39, 0.29) is 21.8 Å². The summed E-state index contributed by atoms with van der Waals surface area (Å²) in [6.07, 6.45) is -6.54. The van der Waals surface area contributed by atoms with Crippen LogP contribution in [0.25, 0.3) is 0 Å². The van der Waals surface area contributed by atoms with Crippen LogP contribution in [0.3, 0.4) is 0 Å². The van der Waals surface area contributed by atoms with Crippen LogP contribution >= 0.6 is 11.6 Å². The van der Waals surface area contributed by atoms with Crippen LogP contribution < -0.4 is 10.6 Å². The van der Waals surface area contributed by atoms with E-state index in [1.54, 1.807) is 0 Å². The molecule has 2 aromatic rings. The van der Waals surface area contributed by atoms with Crippen molar-refractivity contribution >= 4 is 29.1 Å². The van der Waals surface area contributed by atoms with Gasteiger partial charge in [-0.05, 0) is 37.3 Å². The molecule has 172 valence electrons. The summed E-state index contributed by atoms with van der Waals surface area (Å²) < 4.78 is 53.2. The van der Waals surface area contributed by atoms with Crippen LogP contribution in [0.1, 0.15) is 47.8 Å². The molecule has 2 amide bonds. The van der Waals surface area contributed by atoms with Gasteiger partial charge in [0.25, 0.3) is 5.91 Å². The third-order valence-electron chi connectivity index (χ3n) is 5.66. The van der Waals surface area contributed by atoms with Gasteiger partial charge in [0.05, 0.1) is 18.1 Å². The van der Waals surface area contributed by atoms with Crippen molar-refractivity contribution in [3.63, 3.8) is 0 Å². The Morgan fingerprint density at radius 3 is 2.56 bits per heavy atom. The number of rotatable bonds is 6. The van der Waals surface area contributed by atoms with Gasteiger partial charge < -0.3 is 15.7 Å². The number of halogens is 5. The summed E-state index contributed by atoms with van der Waals surface area (Å²) in [5.74, 6) is -5.07. The highest BCUT2D eigenvalue weighted by molar-refractivity contribution is 6.31. The molecule has 2 aromatic carbocycles. The Hall–Kier alpha value is -2.65. The molecule has 4 unspecified atom stereocenters. The van der Waals surface area contributed by atoms with Crippen LogP contribution in [0.2, 0.25) is 5.02 Å². The van der Waals surface area contributed by atoms with Gasteiger partial charge in [0.15, 0.2) is 0 Å². The third kappa shape index (κ3) is 4.88. The SMILES string of the molecule is CC(O)C(CC(=O)Nc1cccc2c1C(c1cc(F)ccc1Cl)NC2=O)C(C)C(F)(F)F. The number of aliphatic hydroxyl groups is 1. The van der Waals surface area contributed by atoms with Crippen molar-refractivity contribution in [3.05, 3.63) is 63.9 Å². The zero-order valence-electron chi connectivity index (χ0n) is 17.1. The Kier molecular flexibility index (Phi) is 6.80. The Morgan fingerprint density at radius 2 is 1.94 bits per heavy atom. The van der Waals surface area contributed by atoms with Gasteiger partial charge >= 0.3 is 6.18 Å². The topological polar surface area (TPSA) is 78.4 Å². The van der Waals surface area contributed by atoms with E-state index in [9.17, 15) is 32.3 Å². The molecule has 0 bridgehead atoms. The summed E-state index contributed by atoms with van der Waals surface area (Å²) in [5.41, 5.74) is 1.01. The lowest BCUT2D eigenvalue weighted by Gasteiger charge is -2.28. The van der Waals surface area contributed by atoms with Gasteiger partial charge in [0, 0.05) is 39.7 Å². The van der Waals surface area contributed by atoms with E-state index >= 15 is 0 Å². The molecule has 0 spiro atoms. The first-order valence-corrected chi connectivity index (χ1v) is 10.2. The predicted octanol–water partition coefficient (Wildman–Crippen LogP) is 4.84. The van der Waals surface area contributed by atoms with E-state index in [1.807, 2.05) is 0 Å². The zero-order valence-corrected chi connectivity index (χ0v) is 17.9. The molecule has 1 aliphatic heterocycles. The molecule has 3 rings (SSSR count). The number of carbonyl (C=O) groups is 2. The van der Waals surface area contributed by atoms with Gasteiger partial charge in [0.2, 0.25) is 5.91 Å². The van der Waals surface area contributed by atoms with E-state index < -0.39 is 54.2 Å². The number of alkyl halides is 3. The minimum absolute atomic E-state index is 0.181. The number of anilines is 1. The summed E-state index contributed by atoms with van der Waals surface area (Å²) in [5, 5.41) is 15.2.